The van der Waals surface area contributed by atoms with E-state index in [2.05, 4.69) is 4.90 Å². The third-order valence-corrected chi connectivity index (χ3v) is 2.91. The van der Waals surface area contributed by atoms with E-state index in [4.69, 9.17) is 4.65 Å². The van der Waals surface area contributed by atoms with Crippen molar-refractivity contribution < 1.29 is 9.45 Å². The zero-order chi connectivity index (χ0) is 9.68. The molecular formula is C7H14BIN2O2. The highest BCUT2D eigenvalue weighted by atomic mass is 127. The topological polar surface area (TPSA) is 32.8 Å². The van der Waals surface area contributed by atoms with Crippen molar-refractivity contribution in [1.82, 2.24) is 9.80 Å². The molecule has 1 aliphatic rings. The number of piperazine rings is 1. The van der Waals surface area contributed by atoms with Crippen molar-refractivity contribution in [2.45, 2.75) is 0 Å². The predicted molar refractivity (Wildman–Crippen MR) is 61.9 cm³/mol. The fourth-order valence-corrected chi connectivity index (χ4v) is 1.85. The number of carbonyl (C=O) groups excluding carboxylic acids is 1. The van der Waals surface area contributed by atoms with Gasteiger partial charge in [0.25, 0.3) is 12.0 Å². The van der Waals surface area contributed by atoms with E-state index in [-0.39, 0.29) is 3.91 Å². The van der Waals surface area contributed by atoms with Crippen LogP contribution in [0.3, 0.4) is 0 Å². The molecule has 1 fully saturated rings. The van der Waals surface area contributed by atoms with E-state index >= 15 is 0 Å². The summed E-state index contributed by atoms with van der Waals surface area (Å²) in [5.74, 6) is 0. The normalized spacial score (nSPS) is 19.0. The van der Waals surface area contributed by atoms with Crippen molar-refractivity contribution in [3.63, 3.8) is 0 Å². The van der Waals surface area contributed by atoms with Crippen LogP contribution in [-0.4, -0.2) is 61.1 Å². The molecule has 0 saturated carbocycles. The van der Waals surface area contributed by atoms with E-state index in [1.54, 1.807) is 8.05 Å². The molecule has 4 nitrogen and oxygen atoms in total. The second-order valence-electron chi connectivity index (χ2n) is 3.07. The third kappa shape index (κ3) is 3.82. The number of nitrogens with zero attached hydrogens (tertiary/aromatic N) is 2. The van der Waals surface area contributed by atoms with Gasteiger partial charge in [-0.15, -0.1) is 0 Å². The summed E-state index contributed by atoms with van der Waals surface area (Å²) in [6, 6.07) is 0. The number of carbonyl (C=O) groups is 1. The molecule has 0 radical (unpaired) electrons. The minimum absolute atomic E-state index is 0.156. The Kier molecular flexibility index (Phi) is 5.04. The molecule has 6 heteroatoms. The van der Waals surface area contributed by atoms with Crippen molar-refractivity contribution in [3.05, 3.63) is 0 Å². The number of rotatable bonds is 3. The third-order valence-electron chi connectivity index (χ3n) is 2.23. The van der Waals surface area contributed by atoms with Crippen LogP contribution >= 0.6 is 22.6 Å². The van der Waals surface area contributed by atoms with Gasteiger partial charge in [-0.25, -0.2) is 0 Å². The highest BCUT2D eigenvalue weighted by Gasteiger charge is 2.18. The smallest absolute Gasteiger partial charge is 0.283 e. The van der Waals surface area contributed by atoms with Crippen LogP contribution in [0, 0.1) is 0 Å². The molecule has 0 aromatic rings. The lowest BCUT2D eigenvalue weighted by Gasteiger charge is -2.33. The molecule has 0 aromatic heterocycles. The minimum atomic E-state index is 0.156. The van der Waals surface area contributed by atoms with E-state index in [9.17, 15) is 4.79 Å². The first-order chi connectivity index (χ1) is 6.24. The van der Waals surface area contributed by atoms with Crippen LogP contribution in [0.15, 0.2) is 0 Å². The first kappa shape index (κ1) is 11.3. The highest BCUT2D eigenvalue weighted by molar-refractivity contribution is 14.1. The molecule has 1 heterocycles. The first-order valence-corrected chi connectivity index (χ1v) is 5.47. The SMILES string of the molecule is BOCCN1CCN(C(=O)I)CC1. The van der Waals surface area contributed by atoms with Crippen LogP contribution in [0.4, 0.5) is 4.79 Å². The Balaban J connectivity index is 2.18. The molecule has 0 aliphatic carbocycles. The summed E-state index contributed by atoms with van der Waals surface area (Å²) in [5.41, 5.74) is 0. The fourth-order valence-electron chi connectivity index (χ4n) is 1.37. The summed E-state index contributed by atoms with van der Waals surface area (Å²) in [5, 5.41) is 0. The van der Waals surface area contributed by atoms with Crippen molar-refractivity contribution in [3.8, 4) is 0 Å². The van der Waals surface area contributed by atoms with Crippen LogP contribution in [0.2, 0.25) is 0 Å². The molecule has 13 heavy (non-hydrogen) atoms. The molecule has 0 atom stereocenters. The zero-order valence-corrected chi connectivity index (χ0v) is 9.99. The van der Waals surface area contributed by atoms with Crippen molar-refractivity contribution in [2.75, 3.05) is 39.3 Å². The van der Waals surface area contributed by atoms with Crippen molar-refractivity contribution >= 4 is 34.6 Å². The summed E-state index contributed by atoms with van der Waals surface area (Å²) in [6.07, 6.45) is 0. The van der Waals surface area contributed by atoms with Gasteiger partial charge in [0.1, 0.15) is 0 Å². The number of amides is 1. The fraction of sp³-hybridized carbons (Fsp3) is 0.857. The predicted octanol–water partition coefficient (Wildman–Crippen LogP) is -0.276. The van der Waals surface area contributed by atoms with Crippen molar-refractivity contribution in [1.29, 1.82) is 0 Å². The quantitative estimate of drug-likeness (QED) is 0.311. The van der Waals surface area contributed by atoms with Gasteiger partial charge in [-0.05, 0) is 0 Å². The lowest BCUT2D eigenvalue weighted by Crippen LogP contribution is -2.47. The van der Waals surface area contributed by atoms with Crippen LogP contribution in [0.1, 0.15) is 0 Å². The van der Waals surface area contributed by atoms with Crippen LogP contribution in [0.25, 0.3) is 0 Å². The molecular weight excluding hydrogens is 282 g/mol. The van der Waals surface area contributed by atoms with Crippen LogP contribution in [-0.2, 0) is 4.65 Å². The summed E-state index contributed by atoms with van der Waals surface area (Å²) < 4.78 is 5.15. The highest BCUT2D eigenvalue weighted by Crippen LogP contribution is 2.05. The van der Waals surface area contributed by atoms with Gasteiger partial charge in [0, 0.05) is 61.9 Å². The Bertz CT molecular complexity index is 174. The lowest BCUT2D eigenvalue weighted by atomic mass is 10.3. The van der Waals surface area contributed by atoms with E-state index in [1.165, 1.54) is 0 Å². The molecule has 0 aromatic carbocycles. The van der Waals surface area contributed by atoms with Crippen LogP contribution < -0.4 is 0 Å². The maximum Gasteiger partial charge on any atom is 0.283 e. The largest absolute Gasteiger partial charge is 0.443 e. The summed E-state index contributed by atoms with van der Waals surface area (Å²) in [7, 11) is 1.71. The zero-order valence-electron chi connectivity index (χ0n) is 7.83. The summed E-state index contributed by atoms with van der Waals surface area (Å²) >= 11 is 1.84. The van der Waals surface area contributed by atoms with E-state index in [1.807, 2.05) is 27.5 Å². The Morgan fingerprint density at radius 2 is 2.00 bits per heavy atom. The van der Waals surface area contributed by atoms with Crippen molar-refractivity contribution in [2.24, 2.45) is 0 Å². The molecule has 1 aliphatic heterocycles. The maximum atomic E-state index is 11.0. The Morgan fingerprint density at radius 3 is 2.46 bits per heavy atom. The van der Waals surface area contributed by atoms with Gasteiger partial charge in [-0.2, -0.15) is 0 Å². The first-order valence-electron chi connectivity index (χ1n) is 4.39. The van der Waals surface area contributed by atoms with Gasteiger partial charge in [0.2, 0.25) is 0 Å². The molecule has 0 unspecified atom stereocenters. The second kappa shape index (κ2) is 5.82. The van der Waals surface area contributed by atoms with E-state index < -0.39 is 0 Å². The Morgan fingerprint density at radius 1 is 1.38 bits per heavy atom. The average molecular weight is 296 g/mol. The van der Waals surface area contributed by atoms with Gasteiger partial charge in [0.05, 0.1) is 0 Å². The standard InChI is InChI=1S/C7H14BIN2O2/c8-13-6-5-10-1-3-11(4-2-10)7(9)12/h1-6,8H2. The Hall–Kier alpha value is 0.185. The van der Waals surface area contributed by atoms with E-state index in [0.717, 1.165) is 39.3 Å². The van der Waals surface area contributed by atoms with Gasteiger partial charge < -0.3 is 9.55 Å². The van der Waals surface area contributed by atoms with Crippen LogP contribution in [0.5, 0.6) is 0 Å². The van der Waals surface area contributed by atoms with E-state index in [0.29, 0.717) is 0 Å². The number of hydrogen-bond acceptors (Lipinski definition) is 3. The van der Waals surface area contributed by atoms with Gasteiger partial charge in [-0.1, -0.05) is 0 Å². The molecule has 1 amide bonds. The van der Waals surface area contributed by atoms with Gasteiger partial charge >= 0.3 is 0 Å². The van der Waals surface area contributed by atoms with Gasteiger partial charge in [0.15, 0.2) is 0 Å². The molecule has 0 N–H and O–H groups in total. The maximum absolute atomic E-state index is 11.0. The molecule has 0 bridgehead atoms. The average Bonchev–Trinajstić information content (AvgIpc) is 2.15. The number of halogens is 1. The summed E-state index contributed by atoms with van der Waals surface area (Å²) in [4.78, 5) is 15.2. The monoisotopic (exact) mass is 296 g/mol. The molecule has 74 valence electrons. The second-order valence-corrected chi connectivity index (χ2v) is 4.00. The minimum Gasteiger partial charge on any atom is -0.443 e. The molecule has 1 rings (SSSR count). The van der Waals surface area contributed by atoms with Gasteiger partial charge in [-0.3, -0.25) is 9.69 Å². The summed E-state index contributed by atoms with van der Waals surface area (Å²) in [6.45, 7) is 5.39. The lowest BCUT2D eigenvalue weighted by molar-refractivity contribution is 0.140. The molecule has 1 saturated heterocycles. The Labute approximate surface area is 93.2 Å². The molecule has 0 spiro atoms. The number of hydrogen-bond donors (Lipinski definition) is 0.